The van der Waals surface area contributed by atoms with Crippen LogP contribution in [0.1, 0.15) is 23.6 Å². The maximum Gasteiger partial charge on any atom is 0.123 e. The third-order valence-corrected chi connectivity index (χ3v) is 5.29. The molecular weight excluding hydrogens is 324 g/mol. The molecule has 1 aromatic carbocycles. The first-order chi connectivity index (χ1) is 10.1. The first-order valence-electron chi connectivity index (χ1n) is 7.68. The second-order valence-corrected chi connectivity index (χ2v) is 6.63. The van der Waals surface area contributed by atoms with E-state index in [2.05, 4.69) is 22.2 Å². The van der Waals surface area contributed by atoms with E-state index in [0.717, 1.165) is 50.3 Å². The molecule has 2 aliphatic rings. The second kappa shape index (κ2) is 7.45. The van der Waals surface area contributed by atoms with Gasteiger partial charge in [0.25, 0.3) is 0 Å². The Morgan fingerprint density at radius 2 is 1.91 bits per heavy atom. The summed E-state index contributed by atoms with van der Waals surface area (Å²) in [5.74, 6) is -0.197. The Morgan fingerprint density at radius 1 is 1.23 bits per heavy atom. The molecule has 3 nitrogen and oxygen atoms in total. The van der Waals surface area contributed by atoms with Gasteiger partial charge in [-0.25, -0.2) is 4.39 Å². The van der Waals surface area contributed by atoms with E-state index in [1.165, 1.54) is 6.07 Å². The molecule has 1 aromatic rings. The Morgan fingerprint density at radius 3 is 2.59 bits per heavy atom. The van der Waals surface area contributed by atoms with Gasteiger partial charge in [0.2, 0.25) is 0 Å². The fourth-order valence-electron chi connectivity index (χ4n) is 3.53. The lowest BCUT2D eigenvalue weighted by atomic mass is 9.97. The van der Waals surface area contributed by atoms with Crippen molar-refractivity contribution in [2.45, 2.75) is 25.4 Å². The number of halogens is 3. The van der Waals surface area contributed by atoms with Gasteiger partial charge < -0.3 is 10.2 Å². The number of piperazine rings is 1. The molecule has 1 N–H and O–H groups in total. The first-order valence-corrected chi connectivity index (χ1v) is 8.05. The second-order valence-electron chi connectivity index (χ2n) is 6.25. The van der Waals surface area contributed by atoms with Crippen molar-refractivity contribution in [2.24, 2.45) is 0 Å². The van der Waals surface area contributed by atoms with E-state index in [-0.39, 0.29) is 24.3 Å². The number of benzene rings is 1. The standard InChI is InChI=1S/C16H23ClFN3.ClH/c1-11-9-12(18)10-13(15(11)17)16-14(3-4-19-16)21-7-5-20(2)6-8-21;/h9-10,14,16,19H,3-8H2,1-2H3;1H/t14-,16-;/m0./s1. The Bertz CT molecular complexity index is 518. The smallest absolute Gasteiger partial charge is 0.123 e. The van der Waals surface area contributed by atoms with Crippen LogP contribution in [0.3, 0.4) is 0 Å². The van der Waals surface area contributed by atoms with Gasteiger partial charge in [-0.05, 0) is 50.2 Å². The molecule has 0 bridgehead atoms. The summed E-state index contributed by atoms with van der Waals surface area (Å²) < 4.78 is 13.8. The Kier molecular flexibility index (Phi) is 6.08. The van der Waals surface area contributed by atoms with Gasteiger partial charge in [0, 0.05) is 43.3 Å². The first kappa shape index (κ1) is 18.0. The summed E-state index contributed by atoms with van der Waals surface area (Å²) in [6.45, 7) is 7.18. The number of aryl methyl sites for hydroxylation is 1. The zero-order valence-electron chi connectivity index (χ0n) is 13.1. The summed E-state index contributed by atoms with van der Waals surface area (Å²) in [6.07, 6.45) is 1.10. The summed E-state index contributed by atoms with van der Waals surface area (Å²) in [4.78, 5) is 4.88. The van der Waals surface area contributed by atoms with Crippen molar-refractivity contribution in [1.82, 2.24) is 15.1 Å². The summed E-state index contributed by atoms with van der Waals surface area (Å²) >= 11 is 6.44. The van der Waals surface area contributed by atoms with Crippen molar-refractivity contribution in [3.63, 3.8) is 0 Å². The van der Waals surface area contributed by atoms with Crippen LogP contribution < -0.4 is 5.32 Å². The minimum Gasteiger partial charge on any atom is -0.309 e. The molecule has 124 valence electrons. The van der Waals surface area contributed by atoms with Gasteiger partial charge in [0.1, 0.15) is 5.82 Å². The lowest BCUT2D eigenvalue weighted by molar-refractivity contribution is 0.104. The molecule has 0 radical (unpaired) electrons. The molecule has 0 unspecified atom stereocenters. The average Bonchev–Trinajstić information content (AvgIpc) is 2.93. The van der Waals surface area contributed by atoms with Crippen LogP contribution in [0, 0.1) is 12.7 Å². The average molecular weight is 348 g/mol. The molecule has 6 heteroatoms. The van der Waals surface area contributed by atoms with Crippen LogP contribution in [0.4, 0.5) is 4.39 Å². The zero-order chi connectivity index (χ0) is 15.0. The summed E-state index contributed by atoms with van der Waals surface area (Å²) in [5.41, 5.74) is 1.73. The Balaban J connectivity index is 0.00000176. The predicted octanol–water partition coefficient (Wildman–Crippen LogP) is 2.86. The van der Waals surface area contributed by atoms with E-state index >= 15 is 0 Å². The highest BCUT2D eigenvalue weighted by molar-refractivity contribution is 6.32. The van der Waals surface area contributed by atoms with Gasteiger partial charge in [-0.1, -0.05) is 11.6 Å². The van der Waals surface area contributed by atoms with E-state index in [1.54, 1.807) is 6.07 Å². The van der Waals surface area contributed by atoms with Gasteiger partial charge in [-0.2, -0.15) is 0 Å². The van der Waals surface area contributed by atoms with Crippen molar-refractivity contribution in [1.29, 1.82) is 0 Å². The Hall–Kier alpha value is -0.390. The van der Waals surface area contributed by atoms with Crippen LogP contribution >= 0.6 is 24.0 Å². The van der Waals surface area contributed by atoms with Gasteiger partial charge in [0.15, 0.2) is 0 Å². The van der Waals surface area contributed by atoms with Gasteiger partial charge in [0.05, 0.1) is 0 Å². The molecule has 0 aliphatic carbocycles. The number of hydrogen-bond donors (Lipinski definition) is 1. The fraction of sp³-hybridized carbons (Fsp3) is 0.625. The molecule has 22 heavy (non-hydrogen) atoms. The molecule has 0 spiro atoms. The highest BCUT2D eigenvalue weighted by Crippen LogP contribution is 2.35. The lowest BCUT2D eigenvalue weighted by Crippen LogP contribution is -2.50. The predicted molar refractivity (Wildman–Crippen MR) is 91.6 cm³/mol. The maximum absolute atomic E-state index is 13.8. The quantitative estimate of drug-likeness (QED) is 0.887. The number of likely N-dealkylation sites (N-methyl/N-ethyl adjacent to an activating group) is 1. The number of nitrogens with one attached hydrogen (secondary N) is 1. The third-order valence-electron chi connectivity index (χ3n) is 4.78. The topological polar surface area (TPSA) is 18.5 Å². The minimum atomic E-state index is -0.197. The van der Waals surface area contributed by atoms with Crippen LogP contribution in [-0.2, 0) is 0 Å². The van der Waals surface area contributed by atoms with E-state index in [9.17, 15) is 4.39 Å². The molecule has 0 saturated carbocycles. The van der Waals surface area contributed by atoms with E-state index in [4.69, 9.17) is 11.6 Å². The van der Waals surface area contributed by atoms with Gasteiger partial charge >= 0.3 is 0 Å². The van der Waals surface area contributed by atoms with Crippen LogP contribution in [0.5, 0.6) is 0 Å². The highest BCUT2D eigenvalue weighted by atomic mass is 35.5. The zero-order valence-corrected chi connectivity index (χ0v) is 14.7. The Labute approximate surface area is 143 Å². The lowest BCUT2D eigenvalue weighted by Gasteiger charge is -2.39. The maximum atomic E-state index is 13.8. The SMILES string of the molecule is Cc1cc(F)cc([C@@H]2NCC[C@@H]2N2CCN(C)CC2)c1Cl.Cl. The van der Waals surface area contributed by atoms with Gasteiger partial charge in [-0.15, -0.1) is 12.4 Å². The van der Waals surface area contributed by atoms with Crippen molar-refractivity contribution in [3.8, 4) is 0 Å². The molecule has 0 amide bonds. The molecule has 0 aromatic heterocycles. The molecule has 2 fully saturated rings. The number of nitrogens with zero attached hydrogens (tertiary/aromatic N) is 2. The largest absolute Gasteiger partial charge is 0.309 e. The third kappa shape index (κ3) is 3.57. The van der Waals surface area contributed by atoms with Crippen LogP contribution in [0.2, 0.25) is 5.02 Å². The minimum absolute atomic E-state index is 0. The molecule has 2 atom stereocenters. The van der Waals surface area contributed by atoms with Crippen molar-refractivity contribution in [3.05, 3.63) is 34.1 Å². The summed E-state index contributed by atoms with van der Waals surface area (Å²) in [7, 11) is 2.16. The monoisotopic (exact) mass is 347 g/mol. The molecule has 3 rings (SSSR count). The van der Waals surface area contributed by atoms with E-state index in [0.29, 0.717) is 11.1 Å². The summed E-state index contributed by atoms with van der Waals surface area (Å²) in [6, 6.07) is 3.65. The number of rotatable bonds is 2. The molecule has 2 saturated heterocycles. The highest BCUT2D eigenvalue weighted by Gasteiger charge is 2.35. The van der Waals surface area contributed by atoms with Crippen LogP contribution in [0.15, 0.2) is 12.1 Å². The number of hydrogen-bond acceptors (Lipinski definition) is 3. The normalized spacial score (nSPS) is 26.9. The molecule has 2 aliphatic heterocycles. The fourth-order valence-corrected chi connectivity index (χ4v) is 3.76. The molecular formula is C16H24Cl2FN3. The van der Waals surface area contributed by atoms with Gasteiger partial charge in [-0.3, -0.25) is 4.90 Å². The molecule has 2 heterocycles. The summed E-state index contributed by atoms with van der Waals surface area (Å²) in [5, 5.41) is 4.22. The van der Waals surface area contributed by atoms with Crippen molar-refractivity contribution < 1.29 is 4.39 Å². The van der Waals surface area contributed by atoms with Crippen molar-refractivity contribution in [2.75, 3.05) is 39.8 Å². The van der Waals surface area contributed by atoms with E-state index in [1.807, 2.05) is 6.92 Å². The van der Waals surface area contributed by atoms with Crippen LogP contribution in [0.25, 0.3) is 0 Å². The van der Waals surface area contributed by atoms with E-state index < -0.39 is 0 Å². The van der Waals surface area contributed by atoms with Crippen molar-refractivity contribution >= 4 is 24.0 Å². The van der Waals surface area contributed by atoms with Crippen LogP contribution in [-0.4, -0.2) is 55.6 Å².